The highest BCUT2D eigenvalue weighted by Crippen LogP contribution is 2.23. The number of H-pyrrole nitrogens is 1. The lowest BCUT2D eigenvalue weighted by molar-refractivity contribution is 0.0946. The summed E-state index contributed by atoms with van der Waals surface area (Å²) in [6.45, 7) is 0.296. The summed E-state index contributed by atoms with van der Waals surface area (Å²) in [4.78, 5) is 19.9. The molecule has 0 fully saturated rings. The Morgan fingerprint density at radius 1 is 1.55 bits per heavy atom. The topological polar surface area (TPSA) is 70.9 Å². The first-order valence-corrected chi connectivity index (χ1v) is 7.08. The third-order valence-electron chi connectivity index (χ3n) is 2.61. The highest BCUT2D eigenvalue weighted by Gasteiger charge is 2.10. The molecular formula is C13H10ClN3O2S. The molecule has 1 amide bonds. The van der Waals surface area contributed by atoms with Gasteiger partial charge in [0, 0.05) is 6.20 Å². The summed E-state index contributed by atoms with van der Waals surface area (Å²) in [6.07, 6.45) is 3.10. The van der Waals surface area contributed by atoms with E-state index in [-0.39, 0.29) is 5.91 Å². The van der Waals surface area contributed by atoms with E-state index in [0.29, 0.717) is 28.8 Å². The van der Waals surface area contributed by atoms with Crippen molar-refractivity contribution in [3.8, 4) is 10.8 Å². The van der Waals surface area contributed by atoms with Gasteiger partial charge in [-0.3, -0.25) is 4.79 Å². The molecule has 3 aromatic rings. The molecule has 20 heavy (non-hydrogen) atoms. The molecule has 0 aliphatic rings. The third kappa shape index (κ3) is 2.76. The second-order valence-corrected chi connectivity index (χ2v) is 5.42. The van der Waals surface area contributed by atoms with Crippen LogP contribution in [0.15, 0.2) is 40.5 Å². The van der Waals surface area contributed by atoms with E-state index in [9.17, 15) is 4.79 Å². The van der Waals surface area contributed by atoms with Gasteiger partial charge < -0.3 is 14.7 Å². The van der Waals surface area contributed by atoms with Gasteiger partial charge in [0.25, 0.3) is 5.91 Å². The third-order valence-corrected chi connectivity index (χ3v) is 3.68. The molecule has 2 N–H and O–H groups in total. The summed E-state index contributed by atoms with van der Waals surface area (Å²) < 4.78 is 5.37. The Balaban J connectivity index is 1.63. The maximum absolute atomic E-state index is 11.8. The summed E-state index contributed by atoms with van der Waals surface area (Å²) in [5.74, 6) is 0.324. The largest absolute Gasteiger partial charge is 0.443 e. The fraction of sp³-hybridized carbons (Fsp3) is 0.0769. The molecule has 0 aliphatic heterocycles. The van der Waals surface area contributed by atoms with Crippen LogP contribution in [0.1, 0.15) is 16.2 Å². The van der Waals surface area contributed by atoms with Gasteiger partial charge in [-0.25, -0.2) is 4.98 Å². The monoisotopic (exact) mass is 307 g/mol. The SMILES string of the molecule is O=C(NCc1coc(-c2cccs2)n1)c1cc(Cl)c[nH]1. The first-order valence-electron chi connectivity index (χ1n) is 5.83. The van der Waals surface area contributed by atoms with E-state index in [0.717, 1.165) is 4.88 Å². The zero-order valence-corrected chi connectivity index (χ0v) is 11.8. The highest BCUT2D eigenvalue weighted by molar-refractivity contribution is 7.13. The average molecular weight is 308 g/mol. The Morgan fingerprint density at radius 2 is 2.45 bits per heavy atom. The quantitative estimate of drug-likeness (QED) is 0.776. The molecule has 0 saturated heterocycles. The number of carbonyl (C=O) groups is 1. The summed E-state index contributed by atoms with van der Waals surface area (Å²) in [7, 11) is 0. The molecule has 3 rings (SSSR count). The molecule has 3 heterocycles. The van der Waals surface area contributed by atoms with Crippen LogP contribution in [0, 0.1) is 0 Å². The predicted molar refractivity (Wildman–Crippen MR) is 76.8 cm³/mol. The van der Waals surface area contributed by atoms with Gasteiger partial charge in [0.2, 0.25) is 5.89 Å². The van der Waals surface area contributed by atoms with Crippen LogP contribution < -0.4 is 5.32 Å². The predicted octanol–water partition coefficient (Wildman–Crippen LogP) is 3.31. The molecule has 0 spiro atoms. The average Bonchev–Trinajstić information content (AvgIpc) is 3.16. The van der Waals surface area contributed by atoms with Gasteiger partial charge in [-0.2, -0.15) is 0 Å². The lowest BCUT2D eigenvalue weighted by Gasteiger charge is -1.99. The van der Waals surface area contributed by atoms with Gasteiger partial charge in [-0.1, -0.05) is 17.7 Å². The van der Waals surface area contributed by atoms with Gasteiger partial charge in [0.05, 0.1) is 22.1 Å². The van der Waals surface area contributed by atoms with Crippen LogP contribution in [-0.2, 0) is 6.54 Å². The highest BCUT2D eigenvalue weighted by atomic mass is 35.5. The van der Waals surface area contributed by atoms with E-state index in [2.05, 4.69) is 15.3 Å². The number of nitrogens with one attached hydrogen (secondary N) is 2. The van der Waals surface area contributed by atoms with Gasteiger partial charge in [-0.15, -0.1) is 11.3 Å². The van der Waals surface area contributed by atoms with Crippen LogP contribution in [0.25, 0.3) is 10.8 Å². The number of hydrogen-bond acceptors (Lipinski definition) is 4. The molecule has 5 nitrogen and oxygen atoms in total. The number of oxazole rings is 1. The minimum Gasteiger partial charge on any atom is -0.443 e. The summed E-state index contributed by atoms with van der Waals surface area (Å²) in [5, 5.41) is 5.19. The number of rotatable bonds is 4. The number of carbonyl (C=O) groups excluding carboxylic acids is 1. The zero-order valence-electron chi connectivity index (χ0n) is 10.2. The van der Waals surface area contributed by atoms with Crippen LogP contribution in [0.3, 0.4) is 0 Å². The molecule has 0 aliphatic carbocycles. The van der Waals surface area contributed by atoms with Crippen molar-refractivity contribution in [1.29, 1.82) is 0 Å². The van der Waals surface area contributed by atoms with Crippen molar-refractivity contribution >= 4 is 28.8 Å². The first-order chi connectivity index (χ1) is 9.72. The van der Waals surface area contributed by atoms with Crippen LogP contribution in [-0.4, -0.2) is 15.9 Å². The Kier molecular flexibility index (Phi) is 3.58. The first kappa shape index (κ1) is 13.0. The van der Waals surface area contributed by atoms with Crippen molar-refractivity contribution in [3.05, 3.63) is 52.4 Å². The van der Waals surface area contributed by atoms with Gasteiger partial charge in [0.15, 0.2) is 0 Å². The van der Waals surface area contributed by atoms with E-state index in [1.165, 1.54) is 6.26 Å². The van der Waals surface area contributed by atoms with E-state index in [1.807, 2.05) is 17.5 Å². The Labute approximate surface area is 123 Å². The molecule has 102 valence electrons. The van der Waals surface area contributed by atoms with Crippen molar-refractivity contribution in [2.24, 2.45) is 0 Å². The molecule has 0 atom stereocenters. The van der Waals surface area contributed by atoms with Crippen LogP contribution in [0.5, 0.6) is 0 Å². The number of halogens is 1. The van der Waals surface area contributed by atoms with Crippen LogP contribution >= 0.6 is 22.9 Å². The molecular weight excluding hydrogens is 298 g/mol. The normalized spacial score (nSPS) is 10.7. The number of hydrogen-bond donors (Lipinski definition) is 2. The number of nitrogens with zero attached hydrogens (tertiary/aromatic N) is 1. The van der Waals surface area contributed by atoms with Crippen molar-refractivity contribution in [2.45, 2.75) is 6.54 Å². The lowest BCUT2D eigenvalue weighted by atomic mass is 10.4. The van der Waals surface area contributed by atoms with Crippen LogP contribution in [0.2, 0.25) is 5.02 Å². The van der Waals surface area contributed by atoms with E-state index in [4.69, 9.17) is 16.0 Å². The minimum absolute atomic E-state index is 0.238. The van der Waals surface area contributed by atoms with Gasteiger partial charge >= 0.3 is 0 Å². The zero-order chi connectivity index (χ0) is 13.9. The summed E-state index contributed by atoms with van der Waals surface area (Å²) >= 11 is 7.29. The minimum atomic E-state index is -0.238. The Hall–Kier alpha value is -2.05. The molecule has 3 aromatic heterocycles. The summed E-state index contributed by atoms with van der Waals surface area (Å²) in [6, 6.07) is 5.43. The van der Waals surface area contributed by atoms with Gasteiger partial charge in [-0.05, 0) is 17.5 Å². The smallest absolute Gasteiger partial charge is 0.268 e. The van der Waals surface area contributed by atoms with E-state index < -0.39 is 0 Å². The molecule has 7 heteroatoms. The molecule has 0 bridgehead atoms. The number of aromatic nitrogens is 2. The fourth-order valence-electron chi connectivity index (χ4n) is 1.67. The second-order valence-electron chi connectivity index (χ2n) is 4.04. The van der Waals surface area contributed by atoms with Crippen molar-refractivity contribution in [2.75, 3.05) is 0 Å². The van der Waals surface area contributed by atoms with Crippen molar-refractivity contribution < 1.29 is 9.21 Å². The molecule has 0 aromatic carbocycles. The maximum atomic E-state index is 11.8. The standard InChI is InChI=1S/C13H10ClN3O2S/c14-8-4-10(15-5-8)12(18)16-6-9-7-19-13(17-9)11-2-1-3-20-11/h1-5,7,15H,6H2,(H,16,18). The van der Waals surface area contributed by atoms with Gasteiger partial charge in [0.1, 0.15) is 12.0 Å². The number of thiophene rings is 1. The summed E-state index contributed by atoms with van der Waals surface area (Å²) in [5.41, 5.74) is 1.08. The molecule has 0 unspecified atom stereocenters. The maximum Gasteiger partial charge on any atom is 0.268 e. The number of aromatic amines is 1. The van der Waals surface area contributed by atoms with E-state index in [1.54, 1.807) is 23.6 Å². The molecule has 0 radical (unpaired) electrons. The van der Waals surface area contributed by atoms with E-state index >= 15 is 0 Å². The van der Waals surface area contributed by atoms with Crippen LogP contribution in [0.4, 0.5) is 0 Å². The second kappa shape index (κ2) is 5.52. The fourth-order valence-corrected chi connectivity index (χ4v) is 2.49. The Bertz CT molecular complexity index is 718. The lowest BCUT2D eigenvalue weighted by Crippen LogP contribution is -2.23. The molecule has 0 saturated carbocycles. The number of amides is 1. The van der Waals surface area contributed by atoms with Crippen molar-refractivity contribution in [1.82, 2.24) is 15.3 Å². The van der Waals surface area contributed by atoms with Crippen molar-refractivity contribution in [3.63, 3.8) is 0 Å². The Morgan fingerprint density at radius 3 is 3.15 bits per heavy atom.